The topological polar surface area (TPSA) is 84.0 Å². The number of benzene rings is 1. The highest BCUT2D eigenvalue weighted by Crippen LogP contribution is 2.11. The molecule has 0 saturated carbocycles. The fraction of sp³-hybridized carbons (Fsp3) is 0.100. The standard InChI is InChI=1S/C10H11N3O2/c11-5-7-6-12-13(10(7)15)8-1-3-9(14)4-2-8/h1-4,6,12,14H,5,11H2. The third-order valence-corrected chi connectivity index (χ3v) is 2.17. The average molecular weight is 205 g/mol. The Morgan fingerprint density at radius 1 is 1.33 bits per heavy atom. The lowest BCUT2D eigenvalue weighted by Gasteiger charge is -2.00. The SMILES string of the molecule is NCc1c[nH]n(-c2ccc(O)cc2)c1=O. The van der Waals surface area contributed by atoms with Crippen molar-refractivity contribution in [3.8, 4) is 11.4 Å². The molecule has 2 aromatic rings. The first-order chi connectivity index (χ1) is 7.22. The molecule has 15 heavy (non-hydrogen) atoms. The van der Waals surface area contributed by atoms with Gasteiger partial charge in [0.2, 0.25) is 0 Å². The van der Waals surface area contributed by atoms with Crippen LogP contribution in [0, 0.1) is 0 Å². The van der Waals surface area contributed by atoms with E-state index in [1.54, 1.807) is 18.3 Å². The van der Waals surface area contributed by atoms with Gasteiger partial charge in [-0.1, -0.05) is 0 Å². The van der Waals surface area contributed by atoms with Gasteiger partial charge in [-0.25, -0.2) is 4.68 Å². The van der Waals surface area contributed by atoms with E-state index in [2.05, 4.69) is 5.10 Å². The first-order valence-electron chi connectivity index (χ1n) is 4.51. The summed E-state index contributed by atoms with van der Waals surface area (Å²) < 4.78 is 1.38. The molecule has 0 aliphatic heterocycles. The Kier molecular flexibility index (Phi) is 2.31. The number of hydrogen-bond acceptors (Lipinski definition) is 3. The number of aromatic nitrogens is 2. The number of aromatic hydroxyl groups is 1. The van der Waals surface area contributed by atoms with Crippen molar-refractivity contribution in [2.75, 3.05) is 0 Å². The number of H-pyrrole nitrogens is 1. The van der Waals surface area contributed by atoms with Crippen LogP contribution < -0.4 is 11.3 Å². The van der Waals surface area contributed by atoms with Gasteiger partial charge in [0.15, 0.2) is 0 Å². The minimum Gasteiger partial charge on any atom is -0.508 e. The molecule has 5 nitrogen and oxygen atoms in total. The van der Waals surface area contributed by atoms with Crippen LogP contribution in [0.25, 0.3) is 5.69 Å². The van der Waals surface area contributed by atoms with Crippen LogP contribution in [0.1, 0.15) is 5.56 Å². The van der Waals surface area contributed by atoms with Crippen LogP contribution in [-0.2, 0) is 6.54 Å². The van der Waals surface area contributed by atoms with Gasteiger partial charge in [0.05, 0.1) is 11.3 Å². The van der Waals surface area contributed by atoms with Gasteiger partial charge < -0.3 is 10.8 Å². The molecule has 1 aromatic heterocycles. The van der Waals surface area contributed by atoms with Crippen molar-refractivity contribution >= 4 is 0 Å². The molecule has 0 spiro atoms. The number of phenols is 1. The highest BCUT2D eigenvalue weighted by molar-refractivity contribution is 5.36. The number of rotatable bonds is 2. The summed E-state index contributed by atoms with van der Waals surface area (Å²) >= 11 is 0. The van der Waals surface area contributed by atoms with Crippen molar-refractivity contribution in [2.45, 2.75) is 6.54 Å². The van der Waals surface area contributed by atoms with Crippen molar-refractivity contribution in [1.29, 1.82) is 0 Å². The molecule has 5 heteroatoms. The summed E-state index contributed by atoms with van der Waals surface area (Å²) in [5.41, 5.74) is 6.42. The van der Waals surface area contributed by atoms with Crippen LogP contribution in [-0.4, -0.2) is 14.9 Å². The lowest BCUT2D eigenvalue weighted by molar-refractivity contribution is 0.475. The lowest BCUT2D eigenvalue weighted by atomic mass is 10.3. The Morgan fingerprint density at radius 2 is 2.00 bits per heavy atom. The molecule has 2 rings (SSSR count). The molecule has 0 aliphatic carbocycles. The molecule has 0 fully saturated rings. The van der Waals surface area contributed by atoms with Crippen LogP contribution in [0.2, 0.25) is 0 Å². The average Bonchev–Trinajstić information content (AvgIpc) is 2.61. The molecule has 0 atom stereocenters. The van der Waals surface area contributed by atoms with Crippen LogP contribution in [0.3, 0.4) is 0 Å². The van der Waals surface area contributed by atoms with Gasteiger partial charge in [-0.05, 0) is 24.3 Å². The first kappa shape index (κ1) is 9.54. The second-order valence-corrected chi connectivity index (χ2v) is 3.16. The summed E-state index contributed by atoms with van der Waals surface area (Å²) in [6.07, 6.45) is 1.58. The van der Waals surface area contributed by atoms with Crippen molar-refractivity contribution in [1.82, 2.24) is 9.78 Å². The Labute approximate surface area is 85.8 Å². The second-order valence-electron chi connectivity index (χ2n) is 3.16. The fourth-order valence-electron chi connectivity index (χ4n) is 1.35. The van der Waals surface area contributed by atoms with Crippen molar-refractivity contribution in [3.05, 3.63) is 46.4 Å². The van der Waals surface area contributed by atoms with E-state index >= 15 is 0 Å². The van der Waals surface area contributed by atoms with Crippen molar-refractivity contribution in [2.24, 2.45) is 5.73 Å². The number of phenolic OH excluding ortho intramolecular Hbond substituents is 1. The van der Waals surface area contributed by atoms with E-state index in [0.717, 1.165) is 0 Å². The summed E-state index contributed by atoms with van der Waals surface area (Å²) in [7, 11) is 0. The van der Waals surface area contributed by atoms with Gasteiger partial charge in [-0.2, -0.15) is 0 Å². The summed E-state index contributed by atoms with van der Waals surface area (Å²) in [4.78, 5) is 11.7. The van der Waals surface area contributed by atoms with Gasteiger partial charge in [-0.3, -0.25) is 9.89 Å². The second kappa shape index (κ2) is 3.62. The molecular formula is C10H11N3O2. The van der Waals surface area contributed by atoms with E-state index in [1.807, 2.05) is 0 Å². The van der Waals surface area contributed by atoms with Crippen LogP contribution in [0.5, 0.6) is 5.75 Å². The van der Waals surface area contributed by atoms with Gasteiger partial charge in [-0.15, -0.1) is 0 Å². The minimum atomic E-state index is -0.164. The van der Waals surface area contributed by atoms with Crippen molar-refractivity contribution < 1.29 is 5.11 Å². The molecule has 0 radical (unpaired) electrons. The first-order valence-corrected chi connectivity index (χ1v) is 4.51. The Bertz CT molecular complexity index is 510. The number of hydrogen-bond donors (Lipinski definition) is 3. The van der Waals surface area contributed by atoms with Crippen LogP contribution in [0.15, 0.2) is 35.3 Å². The smallest absolute Gasteiger partial charge is 0.275 e. The van der Waals surface area contributed by atoms with E-state index in [-0.39, 0.29) is 17.9 Å². The zero-order valence-corrected chi connectivity index (χ0v) is 7.97. The maximum atomic E-state index is 11.7. The van der Waals surface area contributed by atoms with E-state index in [4.69, 9.17) is 10.8 Å². The van der Waals surface area contributed by atoms with Gasteiger partial charge in [0.1, 0.15) is 5.75 Å². The quantitative estimate of drug-likeness (QED) is 0.660. The maximum Gasteiger partial charge on any atom is 0.275 e. The van der Waals surface area contributed by atoms with Crippen LogP contribution in [0.4, 0.5) is 0 Å². The van der Waals surface area contributed by atoms with E-state index < -0.39 is 0 Å². The molecule has 1 heterocycles. The summed E-state index contributed by atoms with van der Waals surface area (Å²) in [6.45, 7) is 0.209. The number of nitrogens with zero attached hydrogens (tertiary/aromatic N) is 1. The van der Waals surface area contributed by atoms with Gasteiger partial charge >= 0.3 is 0 Å². The third kappa shape index (κ3) is 1.64. The van der Waals surface area contributed by atoms with E-state index in [1.165, 1.54) is 16.8 Å². The Balaban J connectivity index is 2.50. The number of nitrogens with two attached hydrogens (primary N) is 1. The monoisotopic (exact) mass is 205 g/mol. The summed E-state index contributed by atoms with van der Waals surface area (Å²) in [5, 5.41) is 11.9. The fourth-order valence-corrected chi connectivity index (χ4v) is 1.35. The summed E-state index contributed by atoms with van der Waals surface area (Å²) in [6, 6.07) is 6.33. The largest absolute Gasteiger partial charge is 0.508 e. The third-order valence-electron chi connectivity index (χ3n) is 2.17. The van der Waals surface area contributed by atoms with Gasteiger partial charge in [0, 0.05) is 12.7 Å². The molecule has 0 bridgehead atoms. The molecule has 0 aliphatic rings. The Hall–Kier alpha value is -2.01. The molecule has 0 amide bonds. The van der Waals surface area contributed by atoms with E-state index in [0.29, 0.717) is 11.3 Å². The van der Waals surface area contributed by atoms with Crippen molar-refractivity contribution in [3.63, 3.8) is 0 Å². The highest BCUT2D eigenvalue weighted by Gasteiger charge is 2.05. The Morgan fingerprint density at radius 3 is 2.53 bits per heavy atom. The molecule has 0 unspecified atom stereocenters. The van der Waals surface area contributed by atoms with Crippen LogP contribution >= 0.6 is 0 Å². The zero-order valence-electron chi connectivity index (χ0n) is 7.97. The molecule has 0 saturated heterocycles. The zero-order chi connectivity index (χ0) is 10.8. The number of aromatic amines is 1. The van der Waals surface area contributed by atoms with E-state index in [9.17, 15) is 4.79 Å². The van der Waals surface area contributed by atoms with Gasteiger partial charge in [0.25, 0.3) is 5.56 Å². The molecule has 4 N–H and O–H groups in total. The molecule has 1 aromatic carbocycles. The normalized spacial score (nSPS) is 10.5. The lowest BCUT2D eigenvalue weighted by Crippen LogP contribution is -2.18. The predicted molar refractivity (Wildman–Crippen MR) is 55.9 cm³/mol. The summed E-state index contributed by atoms with van der Waals surface area (Å²) in [5.74, 6) is 0.164. The predicted octanol–water partition coefficient (Wildman–Crippen LogP) is 0.330. The molecular weight excluding hydrogens is 194 g/mol. The maximum absolute atomic E-state index is 11.7. The minimum absolute atomic E-state index is 0.164. The number of nitrogens with one attached hydrogen (secondary N) is 1. The molecule has 78 valence electrons. The highest BCUT2D eigenvalue weighted by atomic mass is 16.3.